The van der Waals surface area contributed by atoms with E-state index in [1.165, 1.54) is 51.9 Å². The summed E-state index contributed by atoms with van der Waals surface area (Å²) >= 11 is 0. The van der Waals surface area contributed by atoms with E-state index in [4.69, 9.17) is 5.73 Å². The Morgan fingerprint density at radius 2 is 1.83 bits per heavy atom. The zero-order valence-corrected chi connectivity index (χ0v) is 12.3. The summed E-state index contributed by atoms with van der Waals surface area (Å²) in [4.78, 5) is 5.30. The van der Waals surface area contributed by atoms with Crippen molar-refractivity contribution in [2.75, 3.05) is 39.3 Å². The first-order valence-electron chi connectivity index (χ1n) is 7.87. The van der Waals surface area contributed by atoms with Gasteiger partial charge in [-0.15, -0.1) is 0 Å². The number of hydrogen-bond donors (Lipinski definition) is 1. The van der Waals surface area contributed by atoms with Crippen LogP contribution < -0.4 is 5.73 Å². The molecule has 1 aliphatic heterocycles. The van der Waals surface area contributed by atoms with E-state index in [1.807, 2.05) is 0 Å². The molecule has 1 saturated carbocycles. The second kappa shape index (κ2) is 6.88. The number of nitrogens with two attached hydrogens (primary N) is 1. The smallest absolute Gasteiger partial charge is 0.0112 e. The quantitative estimate of drug-likeness (QED) is 0.832. The second-order valence-corrected chi connectivity index (χ2v) is 6.44. The van der Waals surface area contributed by atoms with E-state index in [-0.39, 0.29) is 0 Å². The molecule has 0 aromatic heterocycles. The van der Waals surface area contributed by atoms with Crippen LogP contribution in [0.3, 0.4) is 0 Å². The van der Waals surface area contributed by atoms with E-state index in [0.717, 1.165) is 31.0 Å². The lowest BCUT2D eigenvalue weighted by atomic mass is 9.78. The van der Waals surface area contributed by atoms with E-state index >= 15 is 0 Å². The molecule has 1 saturated heterocycles. The first-order chi connectivity index (χ1) is 8.70. The standard InChI is InChI=1S/C15H31N3/c1-13-4-5-15(12-14(13)2)18-8-3-7-17(9-6-16)10-11-18/h13-15H,3-12,16H2,1-2H3. The molecule has 3 heteroatoms. The molecule has 106 valence electrons. The Labute approximate surface area is 113 Å². The first-order valence-corrected chi connectivity index (χ1v) is 7.87. The van der Waals surface area contributed by atoms with Crippen molar-refractivity contribution in [1.82, 2.24) is 9.80 Å². The van der Waals surface area contributed by atoms with E-state index < -0.39 is 0 Å². The van der Waals surface area contributed by atoms with E-state index in [0.29, 0.717) is 0 Å². The molecule has 3 unspecified atom stereocenters. The highest BCUT2D eigenvalue weighted by Gasteiger charge is 2.29. The molecule has 2 aliphatic rings. The number of rotatable bonds is 3. The third-order valence-electron chi connectivity index (χ3n) is 5.16. The lowest BCUT2D eigenvalue weighted by molar-refractivity contribution is 0.112. The molecule has 3 nitrogen and oxygen atoms in total. The highest BCUT2D eigenvalue weighted by atomic mass is 15.2. The van der Waals surface area contributed by atoms with Gasteiger partial charge in [-0.2, -0.15) is 0 Å². The van der Waals surface area contributed by atoms with Crippen molar-refractivity contribution >= 4 is 0 Å². The lowest BCUT2D eigenvalue weighted by Gasteiger charge is -2.38. The van der Waals surface area contributed by atoms with Crippen LogP contribution in [0.25, 0.3) is 0 Å². The number of hydrogen-bond acceptors (Lipinski definition) is 3. The summed E-state index contributed by atoms with van der Waals surface area (Å²) in [7, 11) is 0. The molecule has 0 aromatic rings. The Morgan fingerprint density at radius 3 is 2.56 bits per heavy atom. The van der Waals surface area contributed by atoms with Crippen molar-refractivity contribution in [3.05, 3.63) is 0 Å². The molecular formula is C15H31N3. The minimum Gasteiger partial charge on any atom is -0.329 e. The van der Waals surface area contributed by atoms with E-state index in [9.17, 15) is 0 Å². The maximum absolute atomic E-state index is 5.67. The van der Waals surface area contributed by atoms with Crippen LogP contribution >= 0.6 is 0 Å². The predicted octanol–water partition coefficient (Wildman–Crippen LogP) is 1.78. The summed E-state index contributed by atoms with van der Waals surface area (Å²) in [6.07, 6.45) is 5.58. The average Bonchev–Trinajstić information content (AvgIpc) is 2.59. The van der Waals surface area contributed by atoms with Crippen molar-refractivity contribution in [1.29, 1.82) is 0 Å². The largest absolute Gasteiger partial charge is 0.329 e. The monoisotopic (exact) mass is 253 g/mol. The first kappa shape index (κ1) is 14.3. The summed E-state index contributed by atoms with van der Waals surface area (Å²) in [5, 5.41) is 0. The summed E-state index contributed by atoms with van der Waals surface area (Å²) in [6, 6.07) is 0.856. The second-order valence-electron chi connectivity index (χ2n) is 6.44. The van der Waals surface area contributed by atoms with Crippen molar-refractivity contribution in [3.8, 4) is 0 Å². The van der Waals surface area contributed by atoms with Gasteiger partial charge < -0.3 is 10.6 Å². The molecule has 0 amide bonds. The Balaban J connectivity index is 1.82. The maximum Gasteiger partial charge on any atom is 0.0112 e. The molecule has 2 N–H and O–H groups in total. The molecule has 3 atom stereocenters. The molecule has 2 rings (SSSR count). The van der Waals surface area contributed by atoms with Gasteiger partial charge in [-0.25, -0.2) is 0 Å². The van der Waals surface area contributed by atoms with Crippen molar-refractivity contribution < 1.29 is 0 Å². The van der Waals surface area contributed by atoms with Crippen LogP contribution in [0.1, 0.15) is 39.5 Å². The van der Waals surface area contributed by atoms with Crippen LogP contribution in [0, 0.1) is 11.8 Å². The van der Waals surface area contributed by atoms with Gasteiger partial charge >= 0.3 is 0 Å². The van der Waals surface area contributed by atoms with Crippen LogP contribution in [0.5, 0.6) is 0 Å². The topological polar surface area (TPSA) is 32.5 Å². The predicted molar refractivity (Wildman–Crippen MR) is 77.7 cm³/mol. The van der Waals surface area contributed by atoms with E-state index in [2.05, 4.69) is 23.6 Å². The van der Waals surface area contributed by atoms with Crippen LogP contribution in [0.4, 0.5) is 0 Å². The Kier molecular flexibility index (Phi) is 5.46. The van der Waals surface area contributed by atoms with Gasteiger partial charge in [0, 0.05) is 32.2 Å². The van der Waals surface area contributed by atoms with E-state index in [1.54, 1.807) is 0 Å². The lowest BCUT2D eigenvalue weighted by Crippen LogP contribution is -2.42. The highest BCUT2D eigenvalue weighted by molar-refractivity contribution is 4.83. The van der Waals surface area contributed by atoms with Gasteiger partial charge in [-0.1, -0.05) is 13.8 Å². The van der Waals surface area contributed by atoms with Crippen LogP contribution in [0.15, 0.2) is 0 Å². The summed E-state index contributed by atoms with van der Waals surface area (Å²) in [6.45, 7) is 11.8. The van der Waals surface area contributed by atoms with Crippen LogP contribution in [-0.2, 0) is 0 Å². The summed E-state index contributed by atoms with van der Waals surface area (Å²) in [5.74, 6) is 1.84. The van der Waals surface area contributed by atoms with Crippen molar-refractivity contribution in [3.63, 3.8) is 0 Å². The fourth-order valence-electron chi connectivity index (χ4n) is 3.61. The Morgan fingerprint density at radius 1 is 1.00 bits per heavy atom. The molecule has 1 aliphatic carbocycles. The molecule has 18 heavy (non-hydrogen) atoms. The molecule has 0 bridgehead atoms. The molecule has 1 heterocycles. The van der Waals surface area contributed by atoms with Gasteiger partial charge in [0.25, 0.3) is 0 Å². The minimum atomic E-state index is 0.804. The van der Waals surface area contributed by atoms with Crippen LogP contribution in [0.2, 0.25) is 0 Å². The van der Waals surface area contributed by atoms with Gasteiger partial charge in [0.15, 0.2) is 0 Å². The molecular weight excluding hydrogens is 222 g/mol. The van der Waals surface area contributed by atoms with Gasteiger partial charge in [0.1, 0.15) is 0 Å². The van der Waals surface area contributed by atoms with Gasteiger partial charge in [0.05, 0.1) is 0 Å². The Bertz CT molecular complexity index is 244. The fraction of sp³-hybridized carbons (Fsp3) is 1.00. The van der Waals surface area contributed by atoms with Crippen molar-refractivity contribution in [2.24, 2.45) is 17.6 Å². The normalized spacial score (nSPS) is 36.5. The molecule has 0 aromatic carbocycles. The highest BCUT2D eigenvalue weighted by Crippen LogP contribution is 2.32. The molecule has 2 fully saturated rings. The Hall–Kier alpha value is -0.120. The van der Waals surface area contributed by atoms with Gasteiger partial charge in [-0.3, -0.25) is 4.90 Å². The average molecular weight is 253 g/mol. The SMILES string of the molecule is CC1CCC(N2CCCN(CCN)CC2)CC1C. The zero-order valence-electron chi connectivity index (χ0n) is 12.3. The maximum atomic E-state index is 5.67. The molecule has 0 spiro atoms. The van der Waals surface area contributed by atoms with Crippen LogP contribution in [-0.4, -0.2) is 55.1 Å². The zero-order chi connectivity index (χ0) is 13.0. The minimum absolute atomic E-state index is 0.804. The van der Waals surface area contributed by atoms with Crippen molar-refractivity contribution in [2.45, 2.75) is 45.6 Å². The fourth-order valence-corrected chi connectivity index (χ4v) is 3.61. The van der Waals surface area contributed by atoms with Gasteiger partial charge in [0.2, 0.25) is 0 Å². The summed E-state index contributed by atoms with van der Waals surface area (Å²) in [5.41, 5.74) is 5.67. The number of nitrogens with zero attached hydrogens (tertiary/aromatic N) is 2. The summed E-state index contributed by atoms with van der Waals surface area (Å²) < 4.78 is 0. The third-order valence-corrected chi connectivity index (χ3v) is 5.16. The van der Waals surface area contributed by atoms with Gasteiger partial charge in [-0.05, 0) is 50.6 Å². The molecule has 0 radical (unpaired) electrons. The third kappa shape index (κ3) is 3.69.